The lowest BCUT2D eigenvalue weighted by Crippen LogP contribution is -1.95. The van der Waals surface area contributed by atoms with Gasteiger partial charge in [-0.2, -0.15) is 0 Å². The number of nitro benzene ring substituents is 2. The molecule has 4 N–H and O–H groups in total. The molecule has 0 aliphatic carbocycles. The number of aryl methyl sites for hydroxylation is 2. The molecule has 0 unspecified atom stereocenters. The normalized spacial score (nSPS) is 10.8. The minimum absolute atomic E-state index is 0.00948. The molecule has 0 aromatic heterocycles. The van der Waals surface area contributed by atoms with Crippen LogP contribution in [-0.4, -0.2) is 9.85 Å². The molecule has 0 aliphatic rings. The van der Waals surface area contributed by atoms with E-state index in [2.05, 4.69) is 50.2 Å². The molecule has 14 heteroatoms. The van der Waals surface area contributed by atoms with Crippen LogP contribution in [0, 0.1) is 34.1 Å². The van der Waals surface area contributed by atoms with Gasteiger partial charge < -0.3 is 11.5 Å². The van der Waals surface area contributed by atoms with E-state index in [-0.39, 0.29) is 11.4 Å². The van der Waals surface area contributed by atoms with Gasteiger partial charge >= 0.3 is 0 Å². The van der Waals surface area contributed by atoms with Crippen LogP contribution >= 0.6 is 69.9 Å². The van der Waals surface area contributed by atoms with Gasteiger partial charge in [0.05, 0.1) is 29.9 Å². The zero-order chi connectivity index (χ0) is 45.7. The largest absolute Gasteiger partial charge is 0.398 e. The Hall–Kier alpha value is -5.98. The summed E-state index contributed by atoms with van der Waals surface area (Å²) in [6, 6.07) is 47.4. The summed E-state index contributed by atoms with van der Waals surface area (Å²) in [4.78, 5) is 24.6. The fourth-order valence-corrected chi connectivity index (χ4v) is 10.1. The third-order valence-corrected chi connectivity index (χ3v) is 14.0. The van der Waals surface area contributed by atoms with Crippen molar-refractivity contribution in [1.29, 1.82) is 0 Å². The number of hydrogen-bond acceptors (Lipinski definition) is 8. The van der Waals surface area contributed by atoms with Gasteiger partial charge in [0.15, 0.2) is 0 Å². The SMILES string of the molecule is Cc1ccc(Sc2ccc(C)cc2-c2c(N)cccc2Cl)c(-c2c(N)cccc2Cl)c1.O=[N+]([O-])c1ccc(-c2cccc(Sc3cccc(-c4ccc([N+](=O)[O-])cc4)c3Cl)c2Cl)cc1. The van der Waals surface area contributed by atoms with Crippen LogP contribution in [0.3, 0.4) is 0 Å². The number of nitrogen functional groups attached to an aromatic ring is 2. The van der Waals surface area contributed by atoms with Gasteiger partial charge in [-0.3, -0.25) is 20.2 Å². The molecule has 0 amide bonds. The molecule has 0 saturated carbocycles. The summed E-state index contributed by atoms with van der Waals surface area (Å²) in [7, 11) is 0. The van der Waals surface area contributed by atoms with Crippen molar-refractivity contribution in [3.63, 3.8) is 0 Å². The Morgan fingerprint density at radius 3 is 1.16 bits per heavy atom. The molecule has 8 aromatic rings. The Morgan fingerprint density at radius 1 is 0.438 bits per heavy atom. The van der Waals surface area contributed by atoms with Crippen molar-refractivity contribution in [2.75, 3.05) is 11.5 Å². The average molecular weight is 963 g/mol. The maximum absolute atomic E-state index is 10.9. The summed E-state index contributed by atoms with van der Waals surface area (Å²) in [5, 5.41) is 24.1. The first-order valence-electron chi connectivity index (χ1n) is 19.4. The van der Waals surface area contributed by atoms with Gasteiger partial charge in [0, 0.05) is 77.5 Å². The Bertz CT molecular complexity index is 2820. The topological polar surface area (TPSA) is 138 Å². The van der Waals surface area contributed by atoms with Crippen molar-refractivity contribution < 1.29 is 9.85 Å². The van der Waals surface area contributed by atoms with Crippen LogP contribution in [0.2, 0.25) is 20.1 Å². The number of nitro groups is 2. The van der Waals surface area contributed by atoms with Crippen molar-refractivity contribution in [3.8, 4) is 44.5 Å². The molecule has 8 nitrogen and oxygen atoms in total. The van der Waals surface area contributed by atoms with Crippen LogP contribution in [-0.2, 0) is 0 Å². The third kappa shape index (κ3) is 10.3. The number of anilines is 2. The van der Waals surface area contributed by atoms with E-state index in [4.69, 9.17) is 57.9 Å². The maximum atomic E-state index is 10.9. The van der Waals surface area contributed by atoms with E-state index in [0.717, 1.165) is 75.2 Å². The zero-order valence-electron chi connectivity index (χ0n) is 34.0. The van der Waals surface area contributed by atoms with Crippen LogP contribution in [0.4, 0.5) is 22.7 Å². The number of benzene rings is 8. The number of non-ortho nitro benzene ring substituents is 2. The lowest BCUT2D eigenvalue weighted by Gasteiger charge is -2.17. The van der Waals surface area contributed by atoms with Gasteiger partial charge in [0.25, 0.3) is 11.4 Å². The number of rotatable bonds is 10. The first-order chi connectivity index (χ1) is 30.7. The Labute approximate surface area is 398 Å². The van der Waals surface area contributed by atoms with E-state index in [9.17, 15) is 20.2 Å². The van der Waals surface area contributed by atoms with Crippen LogP contribution in [0.1, 0.15) is 11.1 Å². The zero-order valence-corrected chi connectivity index (χ0v) is 38.7. The second-order valence-corrected chi connectivity index (χ2v) is 18.2. The molecule has 0 bridgehead atoms. The molecule has 0 heterocycles. The van der Waals surface area contributed by atoms with Gasteiger partial charge in [-0.25, -0.2) is 0 Å². The first kappa shape index (κ1) is 46.0. The van der Waals surface area contributed by atoms with Crippen LogP contribution < -0.4 is 11.5 Å². The fourth-order valence-electron chi connectivity index (χ4n) is 6.89. The fraction of sp³-hybridized carbons (Fsp3) is 0.0400. The summed E-state index contributed by atoms with van der Waals surface area (Å²) in [5.74, 6) is 0. The molecule has 0 radical (unpaired) electrons. The van der Waals surface area contributed by atoms with Crippen LogP contribution in [0.25, 0.3) is 44.5 Å². The number of halogens is 4. The second-order valence-electron chi connectivity index (χ2n) is 14.5. The molecule has 0 fully saturated rings. The van der Waals surface area contributed by atoms with Crippen LogP contribution in [0.15, 0.2) is 177 Å². The molecule has 0 atom stereocenters. The highest BCUT2D eigenvalue weighted by atomic mass is 35.5. The third-order valence-electron chi connectivity index (χ3n) is 10.0. The van der Waals surface area contributed by atoms with E-state index in [1.807, 2.05) is 72.8 Å². The predicted octanol–water partition coefficient (Wildman–Crippen LogP) is 16.6. The molecule has 0 spiro atoms. The van der Waals surface area contributed by atoms with E-state index in [1.165, 1.54) is 36.0 Å². The molecular formula is C50H36Cl4N4O4S2. The van der Waals surface area contributed by atoms with E-state index < -0.39 is 9.85 Å². The summed E-state index contributed by atoms with van der Waals surface area (Å²) >= 11 is 29.5. The highest BCUT2D eigenvalue weighted by Crippen LogP contribution is 2.47. The van der Waals surface area contributed by atoms with Gasteiger partial charge in [0.1, 0.15) is 0 Å². The minimum Gasteiger partial charge on any atom is -0.398 e. The maximum Gasteiger partial charge on any atom is 0.269 e. The number of hydrogen-bond donors (Lipinski definition) is 2. The predicted molar refractivity (Wildman–Crippen MR) is 267 cm³/mol. The molecule has 8 rings (SSSR count). The highest BCUT2D eigenvalue weighted by molar-refractivity contribution is 8.00. The van der Waals surface area contributed by atoms with E-state index >= 15 is 0 Å². The molecular weight excluding hydrogens is 927 g/mol. The summed E-state index contributed by atoms with van der Waals surface area (Å²) in [6.45, 7) is 4.12. The Morgan fingerprint density at radius 2 is 0.797 bits per heavy atom. The number of nitrogens with zero attached hydrogens (tertiary/aromatic N) is 2. The lowest BCUT2D eigenvalue weighted by atomic mass is 10.0. The quantitative estimate of drug-likeness (QED) is 0.0785. The molecule has 8 aromatic carbocycles. The van der Waals surface area contributed by atoms with Gasteiger partial charge in [-0.1, -0.05) is 142 Å². The van der Waals surface area contributed by atoms with Crippen molar-refractivity contribution in [2.45, 2.75) is 33.4 Å². The highest BCUT2D eigenvalue weighted by Gasteiger charge is 2.19. The minimum atomic E-state index is -0.447. The summed E-state index contributed by atoms with van der Waals surface area (Å²) in [5.41, 5.74) is 23.0. The standard InChI is InChI=1S/C26H22Cl2N2S.C24H14Cl2N2O4S/c1-15-9-11-23(17(13-15)25-19(27)5-3-7-21(25)29)31-24-12-10-16(2)14-18(24)26-20(28)6-4-8-22(26)30;25-23-19(15-7-11-17(12-8-15)27(29)30)3-1-5-21(23)33-22-6-2-4-20(24(22)26)16-9-13-18(14-10-16)28(31)32/h3-14H,29-30H2,1-2H3;1-14H. The molecule has 0 saturated heterocycles. The molecule has 320 valence electrons. The van der Waals surface area contributed by atoms with Gasteiger partial charge in [0.2, 0.25) is 0 Å². The van der Waals surface area contributed by atoms with Gasteiger partial charge in [-0.15, -0.1) is 0 Å². The van der Waals surface area contributed by atoms with E-state index in [0.29, 0.717) is 31.5 Å². The summed E-state index contributed by atoms with van der Waals surface area (Å²) in [6.07, 6.45) is 0. The second kappa shape index (κ2) is 20.2. The lowest BCUT2D eigenvalue weighted by molar-refractivity contribution is -0.385. The van der Waals surface area contributed by atoms with Gasteiger partial charge in [-0.05, 0) is 109 Å². The van der Waals surface area contributed by atoms with Crippen molar-refractivity contribution in [1.82, 2.24) is 0 Å². The average Bonchev–Trinajstić information content (AvgIpc) is 3.27. The number of nitrogens with two attached hydrogens (primary N) is 2. The Balaban J connectivity index is 0.000000192. The summed E-state index contributed by atoms with van der Waals surface area (Å²) < 4.78 is 0. The molecule has 64 heavy (non-hydrogen) atoms. The van der Waals surface area contributed by atoms with Crippen molar-refractivity contribution >= 4 is 92.7 Å². The molecule has 0 aliphatic heterocycles. The van der Waals surface area contributed by atoms with Crippen molar-refractivity contribution in [2.24, 2.45) is 0 Å². The van der Waals surface area contributed by atoms with E-state index in [1.54, 1.807) is 36.0 Å². The monoisotopic (exact) mass is 960 g/mol. The van der Waals surface area contributed by atoms with Crippen molar-refractivity contribution in [3.05, 3.63) is 209 Å². The Kier molecular flexibility index (Phi) is 14.6. The van der Waals surface area contributed by atoms with Crippen LogP contribution in [0.5, 0.6) is 0 Å². The first-order valence-corrected chi connectivity index (χ1v) is 22.6. The smallest absolute Gasteiger partial charge is 0.269 e.